The molecule has 0 aromatic carbocycles. The Morgan fingerprint density at radius 1 is 1.33 bits per heavy atom. The molecular formula is C18H30N4O2. The number of aryl methyl sites for hydroxylation is 1. The summed E-state index contributed by atoms with van der Waals surface area (Å²) in [5, 5.41) is 4.41. The average molecular weight is 334 g/mol. The second-order valence-corrected chi connectivity index (χ2v) is 6.80. The van der Waals surface area contributed by atoms with Gasteiger partial charge in [-0.1, -0.05) is 0 Å². The van der Waals surface area contributed by atoms with Gasteiger partial charge in [0.1, 0.15) is 5.69 Å². The molecule has 1 amide bonds. The Kier molecular flexibility index (Phi) is 6.26. The molecule has 24 heavy (non-hydrogen) atoms. The molecular weight excluding hydrogens is 304 g/mol. The number of nitrogens with zero attached hydrogens (tertiary/aromatic N) is 4. The van der Waals surface area contributed by atoms with E-state index in [1.165, 1.54) is 25.9 Å². The number of rotatable bonds is 7. The molecule has 0 bridgehead atoms. The molecule has 3 rings (SSSR count). The maximum absolute atomic E-state index is 13.0. The zero-order valence-corrected chi connectivity index (χ0v) is 14.8. The Labute approximate surface area is 144 Å². The van der Waals surface area contributed by atoms with Crippen molar-refractivity contribution in [2.45, 2.75) is 51.6 Å². The summed E-state index contributed by atoms with van der Waals surface area (Å²) in [6.45, 7) is 8.68. The van der Waals surface area contributed by atoms with E-state index in [0.717, 1.165) is 52.1 Å². The summed E-state index contributed by atoms with van der Waals surface area (Å²) in [5.74, 6) is 0.0792. The van der Waals surface area contributed by atoms with Gasteiger partial charge in [-0.3, -0.25) is 9.48 Å². The molecule has 2 saturated heterocycles. The standard InChI is InChI=1S/C18H30N4O2/c1-2-21-13-6-17(19-21)18(23)22(16-7-14-24-15-8-16)12-5-11-20-9-3-4-10-20/h6,13,16H,2-5,7-12,14-15H2,1H3. The summed E-state index contributed by atoms with van der Waals surface area (Å²) in [7, 11) is 0. The normalized spacial score (nSPS) is 19.7. The van der Waals surface area contributed by atoms with E-state index in [1.807, 2.05) is 23.9 Å². The first-order chi connectivity index (χ1) is 11.8. The van der Waals surface area contributed by atoms with Crippen molar-refractivity contribution in [3.8, 4) is 0 Å². The number of carbonyl (C=O) groups is 1. The lowest BCUT2D eigenvalue weighted by Crippen LogP contribution is -2.44. The Hall–Kier alpha value is -1.40. The van der Waals surface area contributed by atoms with E-state index < -0.39 is 0 Å². The molecule has 0 radical (unpaired) electrons. The minimum absolute atomic E-state index is 0.0792. The second-order valence-electron chi connectivity index (χ2n) is 6.80. The minimum atomic E-state index is 0.0792. The number of hydrogen-bond donors (Lipinski definition) is 0. The predicted molar refractivity (Wildman–Crippen MR) is 93.1 cm³/mol. The number of likely N-dealkylation sites (tertiary alicyclic amines) is 1. The van der Waals surface area contributed by atoms with Crippen LogP contribution in [0.3, 0.4) is 0 Å². The van der Waals surface area contributed by atoms with Crippen LogP contribution in [0.15, 0.2) is 12.3 Å². The molecule has 3 heterocycles. The number of amides is 1. The number of hydrogen-bond acceptors (Lipinski definition) is 4. The third-order valence-corrected chi connectivity index (χ3v) is 5.15. The van der Waals surface area contributed by atoms with Crippen molar-refractivity contribution in [1.82, 2.24) is 19.6 Å². The highest BCUT2D eigenvalue weighted by molar-refractivity contribution is 5.92. The van der Waals surface area contributed by atoms with Crippen molar-refractivity contribution in [3.63, 3.8) is 0 Å². The largest absolute Gasteiger partial charge is 0.381 e. The molecule has 2 fully saturated rings. The summed E-state index contributed by atoms with van der Waals surface area (Å²) < 4.78 is 7.30. The van der Waals surface area contributed by atoms with Gasteiger partial charge >= 0.3 is 0 Å². The van der Waals surface area contributed by atoms with E-state index in [-0.39, 0.29) is 11.9 Å². The monoisotopic (exact) mass is 334 g/mol. The third kappa shape index (κ3) is 4.36. The lowest BCUT2D eigenvalue weighted by Gasteiger charge is -2.34. The zero-order valence-electron chi connectivity index (χ0n) is 14.8. The van der Waals surface area contributed by atoms with Gasteiger partial charge in [0.15, 0.2) is 0 Å². The lowest BCUT2D eigenvalue weighted by molar-refractivity contribution is 0.0278. The van der Waals surface area contributed by atoms with E-state index >= 15 is 0 Å². The first-order valence-electron chi connectivity index (χ1n) is 9.42. The van der Waals surface area contributed by atoms with Gasteiger partial charge in [0, 0.05) is 38.5 Å². The van der Waals surface area contributed by atoms with Crippen LogP contribution in [0.25, 0.3) is 0 Å². The Morgan fingerprint density at radius 3 is 2.75 bits per heavy atom. The molecule has 1 aromatic rings. The van der Waals surface area contributed by atoms with Gasteiger partial charge in [-0.25, -0.2) is 0 Å². The van der Waals surface area contributed by atoms with Crippen LogP contribution >= 0.6 is 0 Å². The SMILES string of the molecule is CCn1ccc(C(=O)N(CCCN2CCCC2)C2CCOCC2)n1. The summed E-state index contributed by atoms with van der Waals surface area (Å²) in [6, 6.07) is 2.13. The average Bonchev–Trinajstić information content (AvgIpc) is 3.30. The summed E-state index contributed by atoms with van der Waals surface area (Å²) in [5.41, 5.74) is 0.574. The van der Waals surface area contributed by atoms with Crippen molar-refractivity contribution in [2.24, 2.45) is 0 Å². The van der Waals surface area contributed by atoms with Crippen LogP contribution in [0, 0.1) is 0 Å². The second kappa shape index (κ2) is 8.62. The van der Waals surface area contributed by atoms with Crippen molar-refractivity contribution in [3.05, 3.63) is 18.0 Å². The van der Waals surface area contributed by atoms with Crippen LogP contribution in [0.5, 0.6) is 0 Å². The zero-order chi connectivity index (χ0) is 16.8. The Morgan fingerprint density at radius 2 is 2.08 bits per heavy atom. The van der Waals surface area contributed by atoms with Gasteiger partial charge in [-0.2, -0.15) is 5.10 Å². The maximum Gasteiger partial charge on any atom is 0.274 e. The van der Waals surface area contributed by atoms with Crippen LogP contribution in [0.2, 0.25) is 0 Å². The molecule has 2 aliphatic rings. The van der Waals surface area contributed by atoms with Crippen LogP contribution < -0.4 is 0 Å². The number of carbonyl (C=O) groups excluding carboxylic acids is 1. The molecule has 6 heteroatoms. The van der Waals surface area contributed by atoms with Crippen LogP contribution in [0.1, 0.15) is 49.5 Å². The van der Waals surface area contributed by atoms with Crippen molar-refractivity contribution in [2.75, 3.05) is 39.4 Å². The highest BCUT2D eigenvalue weighted by Crippen LogP contribution is 2.18. The molecule has 0 aliphatic carbocycles. The van der Waals surface area contributed by atoms with Gasteiger partial charge in [0.25, 0.3) is 5.91 Å². The number of aromatic nitrogens is 2. The topological polar surface area (TPSA) is 50.6 Å². The van der Waals surface area contributed by atoms with Gasteiger partial charge in [0.05, 0.1) is 0 Å². The molecule has 134 valence electrons. The minimum Gasteiger partial charge on any atom is -0.381 e. The Bertz CT molecular complexity index is 519. The van der Waals surface area contributed by atoms with Crippen LogP contribution in [-0.2, 0) is 11.3 Å². The van der Waals surface area contributed by atoms with E-state index in [2.05, 4.69) is 14.9 Å². The fourth-order valence-corrected chi connectivity index (χ4v) is 3.72. The summed E-state index contributed by atoms with van der Waals surface area (Å²) in [4.78, 5) is 17.6. The third-order valence-electron chi connectivity index (χ3n) is 5.15. The molecule has 0 N–H and O–H groups in total. The molecule has 0 spiro atoms. The van der Waals surface area contributed by atoms with Gasteiger partial charge in [0.2, 0.25) is 0 Å². The quantitative estimate of drug-likeness (QED) is 0.765. The van der Waals surface area contributed by atoms with Crippen molar-refractivity contribution >= 4 is 5.91 Å². The first kappa shape index (κ1) is 17.4. The molecule has 0 unspecified atom stereocenters. The van der Waals surface area contributed by atoms with E-state index in [0.29, 0.717) is 5.69 Å². The summed E-state index contributed by atoms with van der Waals surface area (Å²) in [6.07, 6.45) is 7.43. The molecule has 0 atom stereocenters. The van der Waals surface area contributed by atoms with E-state index in [1.54, 1.807) is 0 Å². The number of ether oxygens (including phenoxy) is 1. The first-order valence-corrected chi connectivity index (χ1v) is 9.42. The summed E-state index contributed by atoms with van der Waals surface area (Å²) >= 11 is 0. The Balaban J connectivity index is 1.62. The van der Waals surface area contributed by atoms with Crippen LogP contribution in [0.4, 0.5) is 0 Å². The van der Waals surface area contributed by atoms with E-state index in [4.69, 9.17) is 4.74 Å². The predicted octanol–water partition coefficient (Wildman–Crippen LogP) is 2.01. The molecule has 6 nitrogen and oxygen atoms in total. The van der Waals surface area contributed by atoms with E-state index in [9.17, 15) is 4.79 Å². The highest BCUT2D eigenvalue weighted by atomic mass is 16.5. The van der Waals surface area contributed by atoms with Gasteiger partial charge in [-0.05, 0) is 64.7 Å². The maximum atomic E-state index is 13.0. The lowest BCUT2D eigenvalue weighted by atomic mass is 10.1. The van der Waals surface area contributed by atoms with Crippen molar-refractivity contribution in [1.29, 1.82) is 0 Å². The van der Waals surface area contributed by atoms with Gasteiger partial charge in [-0.15, -0.1) is 0 Å². The van der Waals surface area contributed by atoms with Crippen molar-refractivity contribution < 1.29 is 9.53 Å². The van der Waals surface area contributed by atoms with Gasteiger partial charge < -0.3 is 14.5 Å². The molecule has 2 aliphatic heterocycles. The van der Waals surface area contributed by atoms with Crippen LogP contribution in [-0.4, -0.2) is 70.9 Å². The molecule has 1 aromatic heterocycles. The smallest absolute Gasteiger partial charge is 0.274 e. The highest BCUT2D eigenvalue weighted by Gasteiger charge is 2.27. The fraction of sp³-hybridized carbons (Fsp3) is 0.778. The fourth-order valence-electron chi connectivity index (χ4n) is 3.72. The molecule has 0 saturated carbocycles.